The fraction of sp³-hybridized carbons (Fsp3) is 0.381. The highest BCUT2D eigenvalue weighted by atomic mass is 32.2. The van der Waals surface area contributed by atoms with E-state index in [-0.39, 0.29) is 23.0 Å². The van der Waals surface area contributed by atoms with Crippen molar-refractivity contribution in [2.75, 3.05) is 30.2 Å². The molecule has 3 rings (SSSR count). The first-order chi connectivity index (χ1) is 13.8. The Balaban J connectivity index is 1.93. The van der Waals surface area contributed by atoms with Crippen molar-refractivity contribution in [3.8, 4) is 0 Å². The van der Waals surface area contributed by atoms with Crippen LogP contribution in [0.2, 0.25) is 0 Å². The molecule has 1 aliphatic heterocycles. The Hall–Kier alpha value is -2.06. The van der Waals surface area contributed by atoms with Gasteiger partial charge < -0.3 is 4.90 Å². The first kappa shape index (κ1) is 21.6. The van der Waals surface area contributed by atoms with Gasteiger partial charge in [0.05, 0.1) is 10.6 Å². The standard InChI is InChI=1S/C21H25FN2O3S2/c1-16-10-12-23(13-11-16)21(25)15-24(18-5-3-4-17(22)14-18)29(26,27)20-8-6-19(28-2)7-9-20/h3-9,14,16H,10-13,15H2,1-2H3. The number of carbonyl (C=O) groups is 1. The quantitative estimate of drug-likeness (QED) is 0.643. The molecular weight excluding hydrogens is 411 g/mol. The minimum absolute atomic E-state index is 0.0691. The van der Waals surface area contributed by atoms with Crippen LogP contribution in [0.1, 0.15) is 19.8 Å². The number of hydrogen-bond donors (Lipinski definition) is 0. The number of amides is 1. The Morgan fingerprint density at radius 2 is 1.83 bits per heavy atom. The summed E-state index contributed by atoms with van der Waals surface area (Å²) in [7, 11) is -4.03. The minimum Gasteiger partial charge on any atom is -0.341 e. The maximum Gasteiger partial charge on any atom is 0.264 e. The number of likely N-dealkylation sites (tertiary alicyclic amines) is 1. The van der Waals surface area contributed by atoms with Crippen LogP contribution in [0.3, 0.4) is 0 Å². The van der Waals surface area contributed by atoms with Crippen molar-refractivity contribution >= 4 is 33.4 Å². The molecule has 0 saturated carbocycles. The maximum absolute atomic E-state index is 13.8. The van der Waals surface area contributed by atoms with Crippen LogP contribution in [0.15, 0.2) is 58.3 Å². The number of anilines is 1. The number of halogens is 1. The molecule has 0 aromatic heterocycles. The number of thioether (sulfide) groups is 1. The van der Waals surface area contributed by atoms with Crippen LogP contribution >= 0.6 is 11.8 Å². The molecule has 0 unspecified atom stereocenters. The van der Waals surface area contributed by atoms with Crippen LogP contribution < -0.4 is 4.31 Å². The number of benzene rings is 2. The lowest BCUT2D eigenvalue weighted by Crippen LogP contribution is -2.45. The van der Waals surface area contributed by atoms with E-state index in [4.69, 9.17) is 0 Å². The van der Waals surface area contributed by atoms with Gasteiger partial charge in [0.1, 0.15) is 12.4 Å². The van der Waals surface area contributed by atoms with Gasteiger partial charge in [0.15, 0.2) is 0 Å². The van der Waals surface area contributed by atoms with E-state index in [9.17, 15) is 17.6 Å². The third kappa shape index (κ3) is 5.11. The fourth-order valence-electron chi connectivity index (χ4n) is 3.30. The second-order valence-corrected chi connectivity index (χ2v) is 9.97. The van der Waals surface area contributed by atoms with Gasteiger partial charge in [-0.1, -0.05) is 13.0 Å². The summed E-state index contributed by atoms with van der Waals surface area (Å²) >= 11 is 1.51. The molecule has 0 N–H and O–H groups in total. The summed E-state index contributed by atoms with van der Waals surface area (Å²) in [6.07, 6.45) is 3.70. The highest BCUT2D eigenvalue weighted by Crippen LogP contribution is 2.26. The number of carbonyl (C=O) groups excluding carboxylic acids is 1. The summed E-state index contributed by atoms with van der Waals surface area (Å²) in [5.41, 5.74) is 0.137. The molecule has 0 aliphatic carbocycles. The van der Waals surface area contributed by atoms with E-state index in [0.717, 1.165) is 28.1 Å². The van der Waals surface area contributed by atoms with E-state index in [1.165, 1.54) is 42.1 Å². The van der Waals surface area contributed by atoms with Gasteiger partial charge in [-0.2, -0.15) is 0 Å². The van der Waals surface area contributed by atoms with Crippen molar-refractivity contribution in [3.63, 3.8) is 0 Å². The van der Waals surface area contributed by atoms with Gasteiger partial charge in [0.25, 0.3) is 10.0 Å². The molecule has 0 spiro atoms. The molecular formula is C21H25FN2O3S2. The van der Waals surface area contributed by atoms with E-state index in [2.05, 4.69) is 6.92 Å². The smallest absolute Gasteiger partial charge is 0.264 e. The van der Waals surface area contributed by atoms with E-state index in [0.29, 0.717) is 19.0 Å². The lowest BCUT2D eigenvalue weighted by atomic mass is 9.99. The minimum atomic E-state index is -4.03. The Labute approximate surface area is 175 Å². The topological polar surface area (TPSA) is 57.7 Å². The van der Waals surface area contributed by atoms with Gasteiger partial charge in [-0.3, -0.25) is 9.10 Å². The monoisotopic (exact) mass is 436 g/mol. The van der Waals surface area contributed by atoms with Crippen LogP contribution in [0, 0.1) is 11.7 Å². The summed E-state index contributed by atoms with van der Waals surface area (Å²) in [6, 6.07) is 11.8. The molecule has 156 valence electrons. The van der Waals surface area contributed by atoms with Gasteiger partial charge in [0, 0.05) is 18.0 Å². The Kier molecular flexibility index (Phi) is 6.85. The summed E-state index contributed by atoms with van der Waals surface area (Å²) in [5, 5.41) is 0. The molecule has 0 radical (unpaired) electrons. The van der Waals surface area contributed by atoms with Gasteiger partial charge in [0.2, 0.25) is 5.91 Å². The number of rotatable bonds is 6. The molecule has 1 fully saturated rings. The SMILES string of the molecule is CSc1ccc(S(=O)(=O)N(CC(=O)N2CCC(C)CC2)c2cccc(F)c2)cc1. The zero-order valence-electron chi connectivity index (χ0n) is 16.5. The molecule has 1 amide bonds. The summed E-state index contributed by atoms with van der Waals surface area (Å²) in [4.78, 5) is 15.6. The molecule has 1 saturated heterocycles. The average Bonchev–Trinajstić information content (AvgIpc) is 2.72. The van der Waals surface area contributed by atoms with Crippen molar-refractivity contribution in [1.29, 1.82) is 0 Å². The lowest BCUT2D eigenvalue weighted by Gasteiger charge is -2.32. The van der Waals surface area contributed by atoms with Crippen LogP contribution in [0.4, 0.5) is 10.1 Å². The van der Waals surface area contributed by atoms with Gasteiger partial charge in [-0.15, -0.1) is 11.8 Å². The maximum atomic E-state index is 13.8. The number of nitrogens with zero attached hydrogens (tertiary/aromatic N) is 2. The zero-order valence-corrected chi connectivity index (χ0v) is 18.2. The fourth-order valence-corrected chi connectivity index (χ4v) is 5.12. The molecule has 1 aliphatic rings. The summed E-state index contributed by atoms with van der Waals surface area (Å²) < 4.78 is 41.5. The normalized spacial score (nSPS) is 15.3. The number of piperidine rings is 1. The van der Waals surface area contributed by atoms with Crippen molar-refractivity contribution < 1.29 is 17.6 Å². The third-order valence-electron chi connectivity index (χ3n) is 5.16. The van der Waals surface area contributed by atoms with E-state index in [1.54, 1.807) is 17.0 Å². The molecule has 0 bridgehead atoms. The molecule has 2 aromatic carbocycles. The lowest BCUT2D eigenvalue weighted by molar-refractivity contribution is -0.130. The van der Waals surface area contributed by atoms with Crippen LogP contribution in [0.5, 0.6) is 0 Å². The van der Waals surface area contributed by atoms with Crippen LogP contribution in [0.25, 0.3) is 0 Å². The first-order valence-corrected chi connectivity index (χ1v) is 12.2. The van der Waals surface area contributed by atoms with Gasteiger partial charge in [-0.05, 0) is 67.5 Å². The van der Waals surface area contributed by atoms with Crippen molar-refractivity contribution in [1.82, 2.24) is 4.90 Å². The zero-order chi connectivity index (χ0) is 21.0. The molecule has 1 heterocycles. The number of hydrogen-bond acceptors (Lipinski definition) is 4. The molecule has 0 atom stereocenters. The highest BCUT2D eigenvalue weighted by Gasteiger charge is 2.30. The second kappa shape index (κ2) is 9.17. The molecule has 5 nitrogen and oxygen atoms in total. The predicted molar refractivity (Wildman–Crippen MR) is 114 cm³/mol. The van der Waals surface area contributed by atoms with Crippen LogP contribution in [-0.4, -0.2) is 45.1 Å². The van der Waals surface area contributed by atoms with E-state index in [1.807, 2.05) is 6.26 Å². The predicted octanol–water partition coefficient (Wildman–Crippen LogP) is 4.00. The van der Waals surface area contributed by atoms with E-state index < -0.39 is 15.8 Å². The summed E-state index contributed by atoms with van der Waals surface area (Å²) in [5.74, 6) is -0.276. The van der Waals surface area contributed by atoms with Crippen molar-refractivity contribution in [2.24, 2.45) is 5.92 Å². The molecule has 8 heteroatoms. The van der Waals surface area contributed by atoms with E-state index >= 15 is 0 Å². The Bertz CT molecular complexity index is 956. The molecule has 29 heavy (non-hydrogen) atoms. The van der Waals surface area contributed by atoms with Gasteiger partial charge in [-0.25, -0.2) is 12.8 Å². The summed E-state index contributed by atoms with van der Waals surface area (Å²) in [6.45, 7) is 3.01. The largest absolute Gasteiger partial charge is 0.341 e. The van der Waals surface area contributed by atoms with Crippen molar-refractivity contribution in [3.05, 3.63) is 54.3 Å². The Morgan fingerprint density at radius 1 is 1.17 bits per heavy atom. The Morgan fingerprint density at radius 3 is 2.41 bits per heavy atom. The van der Waals surface area contributed by atoms with Crippen LogP contribution in [-0.2, 0) is 14.8 Å². The highest BCUT2D eigenvalue weighted by molar-refractivity contribution is 7.98. The number of sulfonamides is 1. The average molecular weight is 437 g/mol. The van der Waals surface area contributed by atoms with Gasteiger partial charge >= 0.3 is 0 Å². The first-order valence-electron chi connectivity index (χ1n) is 9.51. The van der Waals surface area contributed by atoms with Crippen molar-refractivity contribution in [2.45, 2.75) is 29.6 Å². The second-order valence-electron chi connectivity index (χ2n) is 7.23. The molecule has 2 aromatic rings. The third-order valence-corrected chi connectivity index (χ3v) is 7.69.